The highest BCUT2D eigenvalue weighted by Gasteiger charge is 2.67. The van der Waals surface area contributed by atoms with E-state index in [0.29, 0.717) is 23.3 Å². The van der Waals surface area contributed by atoms with Gasteiger partial charge in [0, 0.05) is 30.4 Å². The van der Waals surface area contributed by atoms with Crippen LogP contribution in [0.15, 0.2) is 62.4 Å². The third-order valence-corrected chi connectivity index (χ3v) is 9.45. The third-order valence-electron chi connectivity index (χ3n) is 9.45. The highest BCUT2D eigenvalue weighted by molar-refractivity contribution is 6.17. The summed E-state index contributed by atoms with van der Waals surface area (Å²) in [5.41, 5.74) is 0.146. The molecule has 1 saturated carbocycles. The van der Waals surface area contributed by atoms with Gasteiger partial charge in [-0.05, 0) is 60.8 Å². The van der Waals surface area contributed by atoms with Crippen molar-refractivity contribution in [2.75, 3.05) is 0 Å². The lowest BCUT2D eigenvalue weighted by molar-refractivity contribution is -0.153. The highest BCUT2D eigenvalue weighted by Crippen LogP contribution is 2.65. The molecular formula is C28H29N3O6. The lowest BCUT2D eigenvalue weighted by Crippen LogP contribution is -2.62. The molecular weight excluding hydrogens is 474 g/mol. The molecule has 9 heteroatoms. The summed E-state index contributed by atoms with van der Waals surface area (Å²) in [7, 11) is 1.45. The number of benzene rings is 1. The van der Waals surface area contributed by atoms with Gasteiger partial charge >= 0.3 is 11.4 Å². The molecule has 4 aliphatic rings. The molecule has 0 radical (unpaired) electrons. The SMILES string of the molecule is CC1=C(C)C(=O)[C@@]2(C)[C@@H](C3=COc4ccc(O)cc4C3)C3=CCn4c(=O)n(C)c(=O)n4[C@@H]3C[C@@]2(C)C1=O. The van der Waals surface area contributed by atoms with Crippen LogP contribution in [-0.4, -0.2) is 30.6 Å². The summed E-state index contributed by atoms with van der Waals surface area (Å²) >= 11 is 0. The van der Waals surface area contributed by atoms with E-state index >= 15 is 0 Å². The first-order valence-electron chi connectivity index (χ1n) is 12.4. The van der Waals surface area contributed by atoms with Crippen molar-refractivity contribution in [2.24, 2.45) is 23.8 Å². The molecule has 0 saturated heterocycles. The van der Waals surface area contributed by atoms with Crippen molar-refractivity contribution < 1.29 is 19.4 Å². The van der Waals surface area contributed by atoms with E-state index in [1.807, 2.05) is 19.9 Å². The zero-order valence-electron chi connectivity index (χ0n) is 21.5. The number of aromatic nitrogens is 3. The fraction of sp³-hybridized carbons (Fsp3) is 0.429. The smallest absolute Gasteiger partial charge is 0.347 e. The zero-order chi connectivity index (χ0) is 26.6. The van der Waals surface area contributed by atoms with E-state index in [1.54, 1.807) is 38.3 Å². The molecule has 0 spiro atoms. The molecule has 1 fully saturated rings. The van der Waals surface area contributed by atoms with Gasteiger partial charge in [0.05, 0.1) is 24.3 Å². The average molecular weight is 504 g/mol. The summed E-state index contributed by atoms with van der Waals surface area (Å²) in [6.45, 7) is 7.26. The first-order valence-corrected chi connectivity index (χ1v) is 12.4. The Morgan fingerprint density at radius 1 is 1.03 bits per heavy atom. The molecule has 1 N–H and O–H groups in total. The number of nitrogens with zero attached hydrogens (tertiary/aromatic N) is 3. The van der Waals surface area contributed by atoms with Gasteiger partial charge in [-0.1, -0.05) is 19.9 Å². The van der Waals surface area contributed by atoms with Crippen LogP contribution in [0.3, 0.4) is 0 Å². The van der Waals surface area contributed by atoms with Crippen molar-refractivity contribution >= 4 is 11.6 Å². The molecule has 0 unspecified atom stereocenters. The number of allylic oxidation sites excluding steroid dienone is 5. The molecule has 37 heavy (non-hydrogen) atoms. The number of phenols is 1. The second-order valence-electron chi connectivity index (χ2n) is 11.1. The second kappa shape index (κ2) is 7.34. The molecule has 0 bridgehead atoms. The number of aromatic hydroxyl groups is 1. The Kier molecular flexibility index (Phi) is 4.66. The van der Waals surface area contributed by atoms with Gasteiger partial charge in [0.25, 0.3) is 0 Å². The van der Waals surface area contributed by atoms with Gasteiger partial charge in [-0.2, -0.15) is 0 Å². The first kappa shape index (κ1) is 23.5. The van der Waals surface area contributed by atoms with Crippen molar-refractivity contribution in [3.05, 3.63) is 79.4 Å². The van der Waals surface area contributed by atoms with Crippen LogP contribution in [0.1, 0.15) is 45.7 Å². The Labute approximate surface area is 212 Å². The molecule has 2 aromatic rings. The standard InChI is InChI=1S/C28H29N3O6/c1-14-15(2)24(34)28(4)22(17-10-16-11-18(32)6-7-21(16)37-13-17)19-8-9-30-25(35)29(5)26(36)31(30)20(19)12-27(28,3)23(14)33/h6-8,11,13,20,22,32H,9-10,12H2,1-5H3/t20-,22+,27+,28-/m1/s1. The Morgan fingerprint density at radius 2 is 1.73 bits per heavy atom. The Bertz CT molecular complexity index is 1650. The minimum Gasteiger partial charge on any atom is -0.508 e. The topological polar surface area (TPSA) is 113 Å². The lowest BCUT2D eigenvalue weighted by atomic mass is 9.43. The summed E-state index contributed by atoms with van der Waals surface area (Å²) in [6.07, 6.45) is 4.20. The van der Waals surface area contributed by atoms with Crippen LogP contribution >= 0.6 is 0 Å². The molecule has 192 valence electrons. The minimum atomic E-state index is -1.14. The number of phenolic OH excluding ortho intramolecular Hbond substituents is 1. The molecule has 2 aliphatic heterocycles. The van der Waals surface area contributed by atoms with E-state index in [0.717, 1.165) is 21.3 Å². The van der Waals surface area contributed by atoms with Crippen LogP contribution in [-0.2, 0) is 29.6 Å². The number of ketones is 2. The van der Waals surface area contributed by atoms with Crippen LogP contribution in [0, 0.1) is 16.7 Å². The van der Waals surface area contributed by atoms with Gasteiger partial charge < -0.3 is 9.84 Å². The molecule has 6 rings (SSSR count). The number of rotatable bonds is 1. The largest absolute Gasteiger partial charge is 0.508 e. The summed E-state index contributed by atoms with van der Waals surface area (Å²) in [5.74, 6) is -0.0404. The van der Waals surface area contributed by atoms with Crippen LogP contribution < -0.4 is 16.1 Å². The highest BCUT2D eigenvalue weighted by atomic mass is 16.5. The first-order chi connectivity index (χ1) is 17.4. The monoisotopic (exact) mass is 503 g/mol. The van der Waals surface area contributed by atoms with Crippen molar-refractivity contribution in [3.63, 3.8) is 0 Å². The van der Waals surface area contributed by atoms with E-state index in [1.165, 1.54) is 16.4 Å². The summed E-state index contributed by atoms with van der Waals surface area (Å²) in [5, 5.41) is 10.1. The van der Waals surface area contributed by atoms with Gasteiger partial charge in [-0.3, -0.25) is 9.59 Å². The van der Waals surface area contributed by atoms with Gasteiger partial charge in [-0.15, -0.1) is 0 Å². The van der Waals surface area contributed by atoms with E-state index < -0.39 is 34.2 Å². The average Bonchev–Trinajstić information content (AvgIpc) is 3.10. The molecule has 4 atom stereocenters. The molecule has 1 aromatic carbocycles. The molecule has 3 heterocycles. The normalized spacial score (nSPS) is 30.5. The van der Waals surface area contributed by atoms with Crippen molar-refractivity contribution in [3.8, 4) is 11.5 Å². The quantitative estimate of drug-likeness (QED) is 0.599. The molecule has 0 amide bonds. The minimum absolute atomic E-state index is 0.0950. The number of fused-ring (bicyclic) bond motifs is 5. The molecule has 2 aliphatic carbocycles. The van der Waals surface area contributed by atoms with E-state index in [9.17, 15) is 24.3 Å². The van der Waals surface area contributed by atoms with Gasteiger partial charge in [0.2, 0.25) is 0 Å². The van der Waals surface area contributed by atoms with Crippen molar-refractivity contribution in [2.45, 2.75) is 53.1 Å². The summed E-state index contributed by atoms with van der Waals surface area (Å²) in [4.78, 5) is 54.2. The second-order valence-corrected chi connectivity index (χ2v) is 11.1. The Morgan fingerprint density at radius 3 is 2.46 bits per heavy atom. The van der Waals surface area contributed by atoms with E-state index in [4.69, 9.17) is 4.74 Å². The van der Waals surface area contributed by atoms with Crippen LogP contribution in [0.25, 0.3) is 0 Å². The number of carbonyl (C=O) groups is 2. The summed E-state index contributed by atoms with van der Waals surface area (Å²) in [6, 6.07) is 4.31. The molecule has 1 aromatic heterocycles. The van der Waals surface area contributed by atoms with Crippen molar-refractivity contribution in [1.82, 2.24) is 13.9 Å². The maximum absolute atomic E-state index is 14.2. The van der Waals surface area contributed by atoms with Crippen LogP contribution in [0.2, 0.25) is 0 Å². The van der Waals surface area contributed by atoms with E-state index in [-0.39, 0.29) is 30.3 Å². The van der Waals surface area contributed by atoms with Gasteiger partial charge in [0.15, 0.2) is 11.6 Å². The zero-order valence-corrected chi connectivity index (χ0v) is 21.5. The maximum atomic E-state index is 14.2. The number of Topliss-reactive ketones (excluding diaryl/α,β-unsaturated/α-hetero) is 2. The van der Waals surface area contributed by atoms with E-state index in [2.05, 4.69) is 0 Å². The van der Waals surface area contributed by atoms with Gasteiger partial charge in [0.1, 0.15) is 11.5 Å². The number of hydrogen-bond acceptors (Lipinski definition) is 6. The van der Waals surface area contributed by atoms with Crippen LogP contribution in [0.5, 0.6) is 11.5 Å². The van der Waals surface area contributed by atoms with Crippen molar-refractivity contribution in [1.29, 1.82) is 0 Å². The Hall–Kier alpha value is -3.88. The third kappa shape index (κ3) is 2.74. The van der Waals surface area contributed by atoms with Crippen LogP contribution in [0.4, 0.5) is 0 Å². The predicted molar refractivity (Wildman–Crippen MR) is 134 cm³/mol. The fourth-order valence-corrected chi connectivity index (χ4v) is 7.13. The fourth-order valence-electron chi connectivity index (χ4n) is 7.13. The number of carbonyl (C=O) groups excluding carboxylic acids is 2. The summed E-state index contributed by atoms with van der Waals surface area (Å²) < 4.78 is 9.91. The number of hydrogen-bond donors (Lipinski definition) is 1. The lowest BCUT2D eigenvalue weighted by Gasteiger charge is -2.59. The van der Waals surface area contributed by atoms with Gasteiger partial charge in [-0.25, -0.2) is 23.5 Å². The Balaban J connectivity index is 1.61. The molecule has 9 nitrogen and oxygen atoms in total. The predicted octanol–water partition coefficient (Wildman–Crippen LogP) is 2.57. The number of ether oxygens (including phenoxy) is 1. The maximum Gasteiger partial charge on any atom is 0.347 e.